The van der Waals surface area contributed by atoms with Crippen LogP contribution in [0.3, 0.4) is 0 Å². The van der Waals surface area contributed by atoms with Crippen molar-refractivity contribution in [2.45, 2.75) is 62.5 Å². The number of carbonyl (C=O) groups is 1. The van der Waals surface area contributed by atoms with Crippen LogP contribution in [-0.2, 0) is 6.61 Å². The summed E-state index contributed by atoms with van der Waals surface area (Å²) in [5, 5.41) is 12.2. The second-order valence-corrected chi connectivity index (χ2v) is 15.0. The van der Waals surface area contributed by atoms with Gasteiger partial charge in [-0.05, 0) is 72.3 Å². The molecule has 5 aromatic rings. The van der Waals surface area contributed by atoms with Gasteiger partial charge in [-0.25, -0.2) is 13.6 Å². The summed E-state index contributed by atoms with van der Waals surface area (Å²) in [6.45, 7) is 2.49. The highest BCUT2D eigenvalue weighted by Crippen LogP contribution is 2.45. The predicted octanol–water partition coefficient (Wildman–Crippen LogP) is 8.11. The minimum Gasteiger partial charge on any atom is -0.489 e. The number of alkyl halides is 1. The molecule has 0 spiro atoms. The van der Waals surface area contributed by atoms with E-state index in [1.165, 1.54) is 4.90 Å². The average Bonchev–Trinajstić information content (AvgIpc) is 3.77. The summed E-state index contributed by atoms with van der Waals surface area (Å²) >= 11 is 7.06. The first-order valence-electron chi connectivity index (χ1n) is 17.9. The maximum atomic E-state index is 17.4. The monoisotopic (exact) mass is 725 g/mol. The smallest absolute Gasteiger partial charge is 0.407 e. The van der Waals surface area contributed by atoms with Crippen molar-refractivity contribution in [3.05, 3.63) is 89.2 Å². The molecule has 5 heterocycles. The molecule has 4 saturated heterocycles. The van der Waals surface area contributed by atoms with Crippen molar-refractivity contribution in [3.8, 4) is 22.9 Å². The number of halogens is 3. The number of rotatable bonds is 8. The highest BCUT2D eigenvalue weighted by Gasteiger charge is 2.49. The number of fused-ring (bicyclic) bond motifs is 5. The van der Waals surface area contributed by atoms with Crippen LogP contribution in [0.5, 0.6) is 11.8 Å². The van der Waals surface area contributed by atoms with Crippen molar-refractivity contribution in [1.82, 2.24) is 19.8 Å². The molecular formula is C40H38ClF2N5O4. The molecule has 12 heteroatoms. The van der Waals surface area contributed by atoms with E-state index in [2.05, 4.69) is 9.88 Å². The Morgan fingerprint density at radius 1 is 0.962 bits per heavy atom. The number of amides is 1. The van der Waals surface area contributed by atoms with Gasteiger partial charge >= 0.3 is 12.1 Å². The Morgan fingerprint density at radius 2 is 1.73 bits per heavy atom. The van der Waals surface area contributed by atoms with E-state index < -0.39 is 23.6 Å². The van der Waals surface area contributed by atoms with Crippen LogP contribution in [0.15, 0.2) is 72.8 Å². The van der Waals surface area contributed by atoms with Gasteiger partial charge in [-0.3, -0.25) is 9.80 Å². The molecule has 9 nitrogen and oxygen atoms in total. The summed E-state index contributed by atoms with van der Waals surface area (Å²) < 4.78 is 44.5. The zero-order valence-electron chi connectivity index (χ0n) is 28.5. The highest BCUT2D eigenvalue weighted by molar-refractivity contribution is 6.35. The minimum absolute atomic E-state index is 0.00369. The number of carboxylic acid groups (broad SMARTS) is 1. The van der Waals surface area contributed by atoms with Crippen LogP contribution in [0.1, 0.15) is 37.7 Å². The Morgan fingerprint density at radius 3 is 2.52 bits per heavy atom. The highest BCUT2D eigenvalue weighted by atomic mass is 35.5. The molecule has 4 aliphatic heterocycles. The summed E-state index contributed by atoms with van der Waals surface area (Å²) in [6.07, 6.45) is 1.73. The molecule has 4 aromatic carbocycles. The summed E-state index contributed by atoms with van der Waals surface area (Å²) in [4.78, 5) is 27.3. The summed E-state index contributed by atoms with van der Waals surface area (Å²) in [5.41, 5.74) is 1.33. The van der Waals surface area contributed by atoms with Crippen molar-refractivity contribution in [3.63, 3.8) is 0 Å². The van der Waals surface area contributed by atoms with Gasteiger partial charge in [0.25, 0.3) is 0 Å². The van der Waals surface area contributed by atoms with Crippen molar-refractivity contribution in [2.24, 2.45) is 0 Å². The van der Waals surface area contributed by atoms with Crippen molar-refractivity contribution in [2.75, 3.05) is 37.7 Å². The van der Waals surface area contributed by atoms with E-state index in [9.17, 15) is 14.3 Å². The lowest BCUT2D eigenvalue weighted by Gasteiger charge is -2.40. The maximum Gasteiger partial charge on any atom is 0.407 e. The van der Waals surface area contributed by atoms with Gasteiger partial charge in [0.15, 0.2) is 5.82 Å². The first-order chi connectivity index (χ1) is 25.3. The van der Waals surface area contributed by atoms with Crippen LogP contribution in [0, 0.1) is 5.82 Å². The third-order valence-electron chi connectivity index (χ3n) is 11.4. The van der Waals surface area contributed by atoms with E-state index >= 15 is 4.39 Å². The number of hydrogen-bond acceptors (Lipinski definition) is 7. The molecule has 0 aliphatic carbocycles. The fraction of sp³-hybridized carbons (Fsp3) is 0.375. The molecule has 1 N–H and O–H groups in total. The molecule has 9 rings (SSSR count). The van der Waals surface area contributed by atoms with Gasteiger partial charge in [0.2, 0.25) is 0 Å². The van der Waals surface area contributed by atoms with Crippen LogP contribution in [-0.4, -0.2) is 87.5 Å². The van der Waals surface area contributed by atoms with E-state index in [0.29, 0.717) is 55.2 Å². The molecule has 0 saturated carbocycles. The van der Waals surface area contributed by atoms with Crippen LogP contribution < -0.4 is 14.4 Å². The third-order valence-corrected chi connectivity index (χ3v) is 11.7. The Hall–Kier alpha value is -4.74. The molecule has 52 heavy (non-hydrogen) atoms. The lowest BCUT2D eigenvalue weighted by molar-refractivity contribution is 0.107. The molecule has 4 atom stereocenters. The second kappa shape index (κ2) is 13.0. The molecule has 4 aliphatic rings. The van der Waals surface area contributed by atoms with E-state index in [-0.39, 0.29) is 40.8 Å². The minimum atomic E-state index is -0.937. The van der Waals surface area contributed by atoms with Crippen molar-refractivity contribution < 1.29 is 28.2 Å². The number of hydrogen-bond donors (Lipinski definition) is 1. The third kappa shape index (κ3) is 5.74. The largest absolute Gasteiger partial charge is 0.489 e. The van der Waals surface area contributed by atoms with Gasteiger partial charge < -0.3 is 19.5 Å². The van der Waals surface area contributed by atoms with Crippen molar-refractivity contribution in [1.29, 1.82) is 0 Å². The first kappa shape index (κ1) is 33.1. The number of nitrogens with zero attached hydrogens (tertiary/aromatic N) is 5. The van der Waals surface area contributed by atoms with Crippen LogP contribution in [0.4, 0.5) is 19.4 Å². The van der Waals surface area contributed by atoms with Gasteiger partial charge in [0.05, 0.1) is 22.6 Å². The van der Waals surface area contributed by atoms with E-state index in [1.54, 1.807) is 6.07 Å². The zero-order chi connectivity index (χ0) is 35.6. The molecular weight excluding hydrogens is 688 g/mol. The molecule has 2 bridgehead atoms. The van der Waals surface area contributed by atoms with E-state index in [0.717, 1.165) is 48.6 Å². The first-order valence-corrected chi connectivity index (χ1v) is 18.3. The lowest BCUT2D eigenvalue weighted by atomic mass is 9.95. The van der Waals surface area contributed by atoms with E-state index in [4.69, 9.17) is 26.1 Å². The summed E-state index contributed by atoms with van der Waals surface area (Å²) in [5.74, 6) is 0.379. The molecule has 0 radical (unpaired) electrons. The number of aromatic nitrogens is 2. The number of benzene rings is 4. The topological polar surface area (TPSA) is 91.3 Å². The normalized spacial score (nSPS) is 24.2. The lowest BCUT2D eigenvalue weighted by Crippen LogP contribution is -2.55. The number of piperazine rings is 1. The molecule has 4 fully saturated rings. The Labute approximate surface area is 304 Å². The fourth-order valence-corrected chi connectivity index (χ4v) is 9.36. The summed E-state index contributed by atoms with van der Waals surface area (Å²) in [7, 11) is 0. The van der Waals surface area contributed by atoms with Crippen LogP contribution >= 0.6 is 11.6 Å². The Kier molecular flexibility index (Phi) is 8.30. The predicted molar refractivity (Wildman–Crippen MR) is 196 cm³/mol. The fourth-order valence-electron chi connectivity index (χ4n) is 9.06. The number of ether oxygens (including phenoxy) is 2. The molecule has 1 aromatic heterocycles. The van der Waals surface area contributed by atoms with Gasteiger partial charge in [0, 0.05) is 37.0 Å². The quantitative estimate of drug-likeness (QED) is 0.172. The van der Waals surface area contributed by atoms with Gasteiger partial charge in [0.1, 0.15) is 36.5 Å². The Bertz CT molecular complexity index is 2180. The summed E-state index contributed by atoms with van der Waals surface area (Å²) in [6, 6.07) is 22.5. The van der Waals surface area contributed by atoms with Gasteiger partial charge in [-0.1, -0.05) is 66.2 Å². The molecule has 0 unspecified atom stereocenters. The average molecular weight is 726 g/mol. The molecule has 1 amide bonds. The maximum absolute atomic E-state index is 17.4. The second-order valence-electron chi connectivity index (χ2n) is 14.6. The number of anilines is 1. The van der Waals surface area contributed by atoms with Crippen LogP contribution in [0.25, 0.3) is 32.8 Å². The van der Waals surface area contributed by atoms with Crippen LogP contribution in [0.2, 0.25) is 5.02 Å². The zero-order valence-corrected chi connectivity index (χ0v) is 29.2. The molecule has 268 valence electrons. The van der Waals surface area contributed by atoms with Gasteiger partial charge in [-0.15, -0.1) is 0 Å². The van der Waals surface area contributed by atoms with Crippen molar-refractivity contribution >= 4 is 45.2 Å². The van der Waals surface area contributed by atoms with E-state index in [1.807, 2.05) is 71.6 Å². The Balaban J connectivity index is 1.15. The SMILES string of the molecule is O=C(O)N1[C@@H]2CC[C@H]1CN(c1nc(OC[C@@]34CCCN3C[C@H](F)C4)nc3c(F)c(-c4cc(OCc5ccccc5)cc5ccccc45)c(Cl)cc13)C2. The van der Waals surface area contributed by atoms with Gasteiger partial charge in [-0.2, -0.15) is 9.97 Å². The standard InChI is InChI=1S/C40H38ClF2N5O4/c41-33-17-32-36(35(43)34(33)31-16-29(15-25-9-4-5-10-30(25)31)51-22-24-7-2-1-3-8-24)44-38(52-23-40-13-6-14-47(40)19-26(42)18-40)45-37(32)46-20-27-11-12-28(21-46)48(27)39(49)50/h1-5,7-10,15-17,26-28H,6,11-14,18-23H2,(H,49,50)/t26-,27-,28+,40+/m1/s1.